The Morgan fingerprint density at radius 3 is 2.80 bits per heavy atom. The van der Waals surface area contributed by atoms with Crippen molar-refractivity contribution in [2.45, 2.75) is 25.8 Å². The Balaban J connectivity index is 1.88. The highest BCUT2D eigenvalue weighted by Crippen LogP contribution is 2.30. The molecule has 0 bridgehead atoms. The van der Waals surface area contributed by atoms with E-state index in [4.69, 9.17) is 15.2 Å². The Hall–Kier alpha value is -1.75. The molecule has 0 radical (unpaired) electrons. The molecule has 1 aliphatic carbocycles. The van der Waals surface area contributed by atoms with Gasteiger partial charge in [0.1, 0.15) is 0 Å². The summed E-state index contributed by atoms with van der Waals surface area (Å²) in [6.45, 7) is 2.66. The molecule has 0 aliphatic heterocycles. The van der Waals surface area contributed by atoms with E-state index in [9.17, 15) is 4.79 Å². The molecular formula is C15H22N2O3. The van der Waals surface area contributed by atoms with Crippen LogP contribution in [0.5, 0.6) is 11.5 Å². The van der Waals surface area contributed by atoms with E-state index in [-0.39, 0.29) is 18.6 Å². The zero-order chi connectivity index (χ0) is 14.5. The number of methoxy groups -OCH3 is 1. The van der Waals surface area contributed by atoms with Gasteiger partial charge in [-0.15, -0.1) is 0 Å². The van der Waals surface area contributed by atoms with Crippen molar-refractivity contribution < 1.29 is 14.3 Å². The lowest BCUT2D eigenvalue weighted by molar-refractivity contribution is -0.123. The molecule has 0 spiro atoms. The molecule has 0 unspecified atom stereocenters. The summed E-state index contributed by atoms with van der Waals surface area (Å²) in [7, 11) is 1.57. The van der Waals surface area contributed by atoms with E-state index in [1.54, 1.807) is 13.2 Å². The molecular weight excluding hydrogens is 256 g/mol. The maximum absolute atomic E-state index is 11.6. The smallest absolute Gasteiger partial charge is 0.257 e. The van der Waals surface area contributed by atoms with Crippen molar-refractivity contribution in [2.75, 3.05) is 20.3 Å². The molecule has 1 aliphatic rings. The minimum atomic E-state index is -0.102. The number of carbonyl (C=O) groups is 1. The Morgan fingerprint density at radius 1 is 1.45 bits per heavy atom. The van der Waals surface area contributed by atoms with E-state index in [2.05, 4.69) is 5.32 Å². The third-order valence-electron chi connectivity index (χ3n) is 3.36. The maximum Gasteiger partial charge on any atom is 0.257 e. The average molecular weight is 278 g/mol. The van der Waals surface area contributed by atoms with Crippen LogP contribution in [0, 0.1) is 5.92 Å². The number of nitrogens with two attached hydrogens (primary N) is 1. The second-order valence-corrected chi connectivity index (χ2v) is 5.24. The number of amides is 1. The highest BCUT2D eigenvalue weighted by atomic mass is 16.5. The maximum atomic E-state index is 11.6. The molecule has 0 heterocycles. The number of hydrogen-bond donors (Lipinski definition) is 2. The predicted molar refractivity (Wildman–Crippen MR) is 76.8 cm³/mol. The Labute approximate surface area is 119 Å². The lowest BCUT2D eigenvalue weighted by atomic mass is 10.1. The van der Waals surface area contributed by atoms with E-state index in [0.717, 1.165) is 12.1 Å². The van der Waals surface area contributed by atoms with Crippen molar-refractivity contribution in [3.8, 4) is 11.5 Å². The Kier molecular flexibility index (Phi) is 4.84. The third kappa shape index (κ3) is 4.13. The van der Waals surface area contributed by atoms with Crippen molar-refractivity contribution in [1.82, 2.24) is 5.32 Å². The molecule has 110 valence electrons. The first kappa shape index (κ1) is 14.7. The lowest BCUT2D eigenvalue weighted by Crippen LogP contribution is -2.30. The van der Waals surface area contributed by atoms with Gasteiger partial charge in [0.2, 0.25) is 0 Å². The molecule has 0 saturated heterocycles. The van der Waals surface area contributed by atoms with E-state index in [1.165, 1.54) is 12.8 Å². The second kappa shape index (κ2) is 6.61. The summed E-state index contributed by atoms with van der Waals surface area (Å²) in [4.78, 5) is 11.6. The van der Waals surface area contributed by atoms with Crippen molar-refractivity contribution in [2.24, 2.45) is 11.7 Å². The van der Waals surface area contributed by atoms with E-state index in [1.807, 2.05) is 19.1 Å². The summed E-state index contributed by atoms with van der Waals surface area (Å²) in [5, 5.41) is 2.86. The van der Waals surface area contributed by atoms with Crippen LogP contribution in [0.3, 0.4) is 0 Å². The van der Waals surface area contributed by atoms with Crippen LogP contribution in [0.15, 0.2) is 18.2 Å². The Bertz CT molecular complexity index is 470. The quantitative estimate of drug-likeness (QED) is 0.795. The van der Waals surface area contributed by atoms with Gasteiger partial charge in [0, 0.05) is 12.6 Å². The fraction of sp³-hybridized carbons (Fsp3) is 0.533. The summed E-state index contributed by atoms with van der Waals surface area (Å²) in [6, 6.07) is 5.43. The summed E-state index contributed by atoms with van der Waals surface area (Å²) >= 11 is 0. The van der Waals surface area contributed by atoms with Crippen LogP contribution in [0.4, 0.5) is 0 Å². The molecule has 5 heteroatoms. The topological polar surface area (TPSA) is 73.6 Å². The van der Waals surface area contributed by atoms with Crippen LogP contribution in [0.1, 0.15) is 31.4 Å². The molecule has 5 nitrogen and oxygen atoms in total. The van der Waals surface area contributed by atoms with Crippen molar-refractivity contribution in [3.05, 3.63) is 23.8 Å². The fourth-order valence-corrected chi connectivity index (χ4v) is 1.86. The highest BCUT2D eigenvalue weighted by Gasteiger charge is 2.21. The second-order valence-electron chi connectivity index (χ2n) is 5.24. The molecule has 3 N–H and O–H groups in total. The van der Waals surface area contributed by atoms with Crippen molar-refractivity contribution in [1.29, 1.82) is 0 Å². The van der Waals surface area contributed by atoms with Gasteiger partial charge in [0.25, 0.3) is 5.91 Å². The van der Waals surface area contributed by atoms with Crippen LogP contribution in [-0.4, -0.2) is 26.2 Å². The summed E-state index contributed by atoms with van der Waals surface area (Å²) < 4.78 is 10.8. The highest BCUT2D eigenvalue weighted by molar-refractivity contribution is 5.77. The molecule has 1 saturated carbocycles. The molecule has 1 aromatic carbocycles. The first-order chi connectivity index (χ1) is 9.60. The normalized spacial score (nSPS) is 15.6. The number of rotatable bonds is 7. The third-order valence-corrected chi connectivity index (χ3v) is 3.36. The number of ether oxygens (including phenoxy) is 2. The van der Waals surface area contributed by atoms with E-state index < -0.39 is 0 Å². The SMILES string of the molecule is COc1cc([C@H](C)N)ccc1OCC(=O)NCC1CC1. The standard InChI is InChI=1S/C15H22N2O3/c1-10(16)12-5-6-13(14(7-12)19-2)20-9-15(18)17-8-11-3-4-11/h5-7,10-11H,3-4,8-9,16H2,1-2H3,(H,17,18)/t10-/m0/s1. The van der Waals surface area contributed by atoms with Gasteiger partial charge in [-0.25, -0.2) is 0 Å². The van der Waals surface area contributed by atoms with Gasteiger partial charge in [0.15, 0.2) is 18.1 Å². The van der Waals surface area contributed by atoms with Crippen molar-refractivity contribution >= 4 is 5.91 Å². The number of carbonyl (C=O) groups excluding carboxylic acids is 1. The molecule has 1 amide bonds. The number of nitrogens with one attached hydrogen (secondary N) is 1. The van der Waals surface area contributed by atoms with Crippen LogP contribution >= 0.6 is 0 Å². The van der Waals surface area contributed by atoms with Gasteiger partial charge in [-0.05, 0) is 43.4 Å². The first-order valence-corrected chi connectivity index (χ1v) is 6.93. The van der Waals surface area contributed by atoms with Gasteiger partial charge in [0.05, 0.1) is 7.11 Å². The zero-order valence-corrected chi connectivity index (χ0v) is 12.0. The first-order valence-electron chi connectivity index (χ1n) is 6.93. The zero-order valence-electron chi connectivity index (χ0n) is 12.0. The molecule has 1 aromatic rings. The molecule has 1 atom stereocenters. The minimum Gasteiger partial charge on any atom is -0.493 e. The monoisotopic (exact) mass is 278 g/mol. The number of benzene rings is 1. The van der Waals surface area contributed by atoms with Crippen LogP contribution in [-0.2, 0) is 4.79 Å². The van der Waals surface area contributed by atoms with Gasteiger partial charge >= 0.3 is 0 Å². The average Bonchev–Trinajstić information content (AvgIpc) is 3.26. The molecule has 2 rings (SSSR count). The Morgan fingerprint density at radius 2 is 2.20 bits per heavy atom. The molecule has 1 fully saturated rings. The van der Waals surface area contributed by atoms with E-state index in [0.29, 0.717) is 17.4 Å². The molecule has 0 aromatic heterocycles. The summed E-state index contributed by atoms with van der Waals surface area (Å²) in [5.41, 5.74) is 6.79. The largest absolute Gasteiger partial charge is 0.493 e. The van der Waals surface area contributed by atoms with Gasteiger partial charge in [-0.1, -0.05) is 6.07 Å². The number of hydrogen-bond acceptors (Lipinski definition) is 4. The van der Waals surface area contributed by atoms with Crippen LogP contribution in [0.2, 0.25) is 0 Å². The van der Waals surface area contributed by atoms with Crippen molar-refractivity contribution in [3.63, 3.8) is 0 Å². The van der Waals surface area contributed by atoms with Gasteiger partial charge in [-0.2, -0.15) is 0 Å². The molecule has 20 heavy (non-hydrogen) atoms. The fourth-order valence-electron chi connectivity index (χ4n) is 1.86. The summed E-state index contributed by atoms with van der Waals surface area (Å²) in [5.74, 6) is 1.71. The van der Waals surface area contributed by atoms with Gasteiger partial charge < -0.3 is 20.5 Å². The summed E-state index contributed by atoms with van der Waals surface area (Å²) in [6.07, 6.45) is 2.43. The van der Waals surface area contributed by atoms with Gasteiger partial charge in [-0.3, -0.25) is 4.79 Å². The van der Waals surface area contributed by atoms with Crippen LogP contribution < -0.4 is 20.5 Å². The lowest BCUT2D eigenvalue weighted by Gasteiger charge is -2.13. The van der Waals surface area contributed by atoms with Crippen LogP contribution in [0.25, 0.3) is 0 Å². The van der Waals surface area contributed by atoms with E-state index >= 15 is 0 Å². The predicted octanol–water partition coefficient (Wildman–Crippen LogP) is 1.62. The minimum absolute atomic E-state index is 0.000600.